The van der Waals surface area contributed by atoms with Crippen molar-refractivity contribution in [3.05, 3.63) is 137 Å². The Morgan fingerprint density at radius 1 is 0.617 bits per heavy atom. The second-order valence-corrected chi connectivity index (χ2v) is 14.1. The van der Waals surface area contributed by atoms with Crippen molar-refractivity contribution in [3.63, 3.8) is 0 Å². The fourth-order valence-corrected chi connectivity index (χ4v) is 7.10. The molecule has 0 fully saturated rings. The molecule has 1 heterocycles. The summed E-state index contributed by atoms with van der Waals surface area (Å²) in [5, 5.41) is 11.9. The zero-order valence-corrected chi connectivity index (χ0v) is 26.7. The van der Waals surface area contributed by atoms with Crippen molar-refractivity contribution in [2.45, 2.75) is 23.6 Å². The van der Waals surface area contributed by atoms with Crippen LogP contribution in [0.2, 0.25) is 0 Å². The SMILES string of the molecule is Cc1ccc(S(=O)(=O)Nc2cccc(NS(=O)(=O)c3ccc(C)cc3)c2-c2nc(-c3ccc([N+](=O)[O-])cc3)c3ccccc3n2)cc1. The van der Waals surface area contributed by atoms with Gasteiger partial charge in [-0.1, -0.05) is 59.7 Å². The van der Waals surface area contributed by atoms with Crippen LogP contribution < -0.4 is 9.44 Å². The standard InChI is InChI=1S/C34H27N5O6S2/c1-22-10-18-26(19-11-22)46(42,43)37-30-8-5-9-31(38-47(44,45)27-20-12-23(2)13-21-27)32(30)34-35-29-7-4-3-6-28(29)33(36-34)24-14-16-25(17-15-24)39(40)41/h3-21,37-38H,1-2H3. The molecule has 0 saturated heterocycles. The molecule has 13 heteroatoms. The number of hydrogen-bond acceptors (Lipinski definition) is 8. The first-order chi connectivity index (χ1) is 22.4. The number of fused-ring (bicyclic) bond motifs is 1. The predicted molar refractivity (Wildman–Crippen MR) is 181 cm³/mol. The topological polar surface area (TPSA) is 161 Å². The average molecular weight is 666 g/mol. The molecule has 0 atom stereocenters. The van der Waals surface area contributed by atoms with Crippen LogP contribution in [0, 0.1) is 24.0 Å². The van der Waals surface area contributed by atoms with Crippen LogP contribution in [0.25, 0.3) is 33.5 Å². The Kier molecular flexibility index (Phi) is 8.18. The Morgan fingerprint density at radius 2 is 1.13 bits per heavy atom. The van der Waals surface area contributed by atoms with E-state index in [1.807, 2.05) is 13.8 Å². The van der Waals surface area contributed by atoms with E-state index in [1.165, 1.54) is 54.6 Å². The van der Waals surface area contributed by atoms with Gasteiger partial charge in [-0.3, -0.25) is 19.6 Å². The first-order valence-electron chi connectivity index (χ1n) is 14.3. The van der Waals surface area contributed by atoms with Gasteiger partial charge in [-0.15, -0.1) is 0 Å². The number of benzene rings is 5. The van der Waals surface area contributed by atoms with Gasteiger partial charge >= 0.3 is 0 Å². The molecule has 6 rings (SSSR count). The molecule has 0 bridgehead atoms. The van der Waals surface area contributed by atoms with Gasteiger partial charge in [0.15, 0.2) is 5.82 Å². The summed E-state index contributed by atoms with van der Waals surface area (Å²) in [5.74, 6) is 0.0147. The van der Waals surface area contributed by atoms with Gasteiger partial charge < -0.3 is 0 Å². The van der Waals surface area contributed by atoms with Gasteiger partial charge in [-0.2, -0.15) is 0 Å². The molecule has 11 nitrogen and oxygen atoms in total. The smallest absolute Gasteiger partial charge is 0.269 e. The van der Waals surface area contributed by atoms with Gasteiger partial charge in [-0.25, -0.2) is 26.8 Å². The Bertz CT molecular complexity index is 2270. The number of para-hydroxylation sites is 1. The van der Waals surface area contributed by atoms with Crippen LogP contribution in [0.1, 0.15) is 11.1 Å². The second kappa shape index (κ2) is 12.3. The molecule has 0 radical (unpaired) electrons. The Hall–Kier alpha value is -5.66. The third-order valence-electron chi connectivity index (χ3n) is 7.39. The highest BCUT2D eigenvalue weighted by Gasteiger charge is 2.24. The molecule has 0 aliphatic rings. The highest BCUT2D eigenvalue weighted by atomic mass is 32.2. The number of aryl methyl sites for hydroxylation is 2. The van der Waals surface area contributed by atoms with Crippen LogP contribution in [0.15, 0.2) is 125 Å². The van der Waals surface area contributed by atoms with E-state index >= 15 is 0 Å². The van der Waals surface area contributed by atoms with Gasteiger partial charge in [0.05, 0.1) is 42.9 Å². The minimum atomic E-state index is -4.14. The molecule has 0 aliphatic carbocycles. The van der Waals surface area contributed by atoms with Crippen LogP contribution in [0.5, 0.6) is 0 Å². The molecule has 47 heavy (non-hydrogen) atoms. The largest absolute Gasteiger partial charge is 0.279 e. The quantitative estimate of drug-likeness (QED) is 0.122. The zero-order chi connectivity index (χ0) is 33.3. The van der Waals surface area contributed by atoms with Crippen molar-refractivity contribution in [3.8, 4) is 22.6 Å². The number of aromatic nitrogens is 2. The summed E-state index contributed by atoms with van der Waals surface area (Å²) >= 11 is 0. The summed E-state index contributed by atoms with van der Waals surface area (Å²) in [6, 6.07) is 30.0. The Labute approximate surface area is 271 Å². The fraction of sp³-hybridized carbons (Fsp3) is 0.0588. The van der Waals surface area contributed by atoms with Crippen molar-refractivity contribution in [1.82, 2.24) is 9.97 Å². The Balaban J connectivity index is 1.57. The van der Waals surface area contributed by atoms with E-state index in [1.54, 1.807) is 60.7 Å². The van der Waals surface area contributed by atoms with Crippen molar-refractivity contribution in [1.29, 1.82) is 0 Å². The van der Waals surface area contributed by atoms with E-state index in [9.17, 15) is 26.9 Å². The number of sulfonamides is 2. The van der Waals surface area contributed by atoms with Gasteiger partial charge in [0.2, 0.25) is 0 Å². The van der Waals surface area contributed by atoms with Crippen LogP contribution in [-0.4, -0.2) is 31.7 Å². The molecule has 1 aromatic heterocycles. The number of hydrogen-bond donors (Lipinski definition) is 2. The lowest BCUT2D eigenvalue weighted by molar-refractivity contribution is -0.384. The lowest BCUT2D eigenvalue weighted by Gasteiger charge is -2.18. The van der Waals surface area contributed by atoms with Crippen LogP contribution >= 0.6 is 0 Å². The highest BCUT2D eigenvalue weighted by molar-refractivity contribution is 7.93. The van der Waals surface area contributed by atoms with Gasteiger partial charge in [-0.05, 0) is 68.4 Å². The normalized spacial score (nSPS) is 11.7. The minimum absolute atomic E-state index is 0.00527. The highest BCUT2D eigenvalue weighted by Crippen LogP contribution is 2.38. The third kappa shape index (κ3) is 6.52. The molecule has 0 amide bonds. The molecule has 2 N–H and O–H groups in total. The first-order valence-corrected chi connectivity index (χ1v) is 17.2. The lowest BCUT2D eigenvalue weighted by atomic mass is 10.0. The summed E-state index contributed by atoms with van der Waals surface area (Å²) in [5.41, 5.74) is 3.21. The van der Waals surface area contributed by atoms with Crippen molar-refractivity contribution < 1.29 is 21.8 Å². The second-order valence-electron chi connectivity index (χ2n) is 10.8. The van der Waals surface area contributed by atoms with E-state index in [4.69, 9.17) is 9.97 Å². The maximum atomic E-state index is 13.6. The maximum Gasteiger partial charge on any atom is 0.269 e. The fourth-order valence-electron chi connectivity index (χ4n) is 4.96. The molecule has 0 unspecified atom stereocenters. The monoisotopic (exact) mass is 665 g/mol. The van der Waals surface area contributed by atoms with Crippen molar-refractivity contribution in [2.24, 2.45) is 0 Å². The molecule has 0 saturated carbocycles. The molecule has 236 valence electrons. The summed E-state index contributed by atoms with van der Waals surface area (Å²) in [7, 11) is -8.28. The summed E-state index contributed by atoms with van der Waals surface area (Å²) in [6.45, 7) is 3.68. The van der Waals surface area contributed by atoms with Crippen LogP contribution in [0.4, 0.5) is 17.1 Å². The van der Waals surface area contributed by atoms with E-state index in [-0.39, 0.29) is 38.2 Å². The molecule has 0 aliphatic heterocycles. The summed E-state index contributed by atoms with van der Waals surface area (Å²) < 4.78 is 59.6. The van der Waals surface area contributed by atoms with E-state index in [0.717, 1.165) is 11.1 Å². The molecule has 0 spiro atoms. The average Bonchev–Trinajstić information content (AvgIpc) is 3.04. The van der Waals surface area contributed by atoms with Gasteiger partial charge in [0.25, 0.3) is 25.7 Å². The maximum absolute atomic E-state index is 13.6. The number of nitrogens with one attached hydrogen (secondary N) is 2. The van der Waals surface area contributed by atoms with E-state index in [0.29, 0.717) is 22.2 Å². The number of non-ortho nitro benzene ring substituents is 1. The predicted octanol–water partition coefficient (Wildman–Crippen LogP) is 7.09. The van der Waals surface area contributed by atoms with Crippen molar-refractivity contribution >= 4 is 48.0 Å². The summed E-state index contributed by atoms with van der Waals surface area (Å²) in [6.07, 6.45) is 0. The first kappa shape index (κ1) is 31.3. The van der Waals surface area contributed by atoms with Crippen molar-refractivity contribution in [2.75, 3.05) is 9.44 Å². The molecular weight excluding hydrogens is 639 g/mol. The zero-order valence-electron chi connectivity index (χ0n) is 25.1. The number of nitro benzene ring substituents is 1. The Morgan fingerprint density at radius 3 is 1.64 bits per heavy atom. The van der Waals surface area contributed by atoms with Gasteiger partial charge in [0.1, 0.15) is 0 Å². The number of nitrogens with zero attached hydrogens (tertiary/aromatic N) is 3. The lowest BCUT2D eigenvalue weighted by Crippen LogP contribution is -2.17. The third-order valence-corrected chi connectivity index (χ3v) is 10.2. The summed E-state index contributed by atoms with van der Waals surface area (Å²) in [4.78, 5) is 20.4. The minimum Gasteiger partial charge on any atom is -0.279 e. The molecule has 5 aromatic carbocycles. The number of nitro groups is 1. The number of anilines is 2. The van der Waals surface area contributed by atoms with Crippen LogP contribution in [-0.2, 0) is 20.0 Å². The molecule has 6 aromatic rings. The number of rotatable bonds is 9. The van der Waals surface area contributed by atoms with E-state index < -0.39 is 25.0 Å². The van der Waals surface area contributed by atoms with Gasteiger partial charge in [0, 0.05) is 23.1 Å². The van der Waals surface area contributed by atoms with E-state index in [2.05, 4.69) is 9.44 Å². The molecular formula is C34H27N5O6S2. The van der Waals surface area contributed by atoms with Crippen LogP contribution in [0.3, 0.4) is 0 Å².